The third-order valence-corrected chi connectivity index (χ3v) is 5.22. The fourth-order valence-corrected chi connectivity index (χ4v) is 4.09. The van der Waals surface area contributed by atoms with E-state index in [9.17, 15) is 4.79 Å². The van der Waals surface area contributed by atoms with Gasteiger partial charge in [0, 0.05) is 29.1 Å². The summed E-state index contributed by atoms with van der Waals surface area (Å²) in [5.74, 6) is 3.53. The van der Waals surface area contributed by atoms with Crippen LogP contribution < -0.4 is 5.32 Å². The van der Waals surface area contributed by atoms with Crippen LogP contribution in [0.5, 0.6) is 0 Å². The molecule has 88 valence electrons. The van der Waals surface area contributed by atoms with Gasteiger partial charge in [0.15, 0.2) is 0 Å². The summed E-state index contributed by atoms with van der Waals surface area (Å²) in [4.78, 5) is 11.3. The maximum atomic E-state index is 11.3. The Labute approximate surface area is 100 Å². The Kier molecular flexibility index (Phi) is 6.52. The van der Waals surface area contributed by atoms with Gasteiger partial charge in [-0.2, -0.15) is 23.5 Å². The van der Waals surface area contributed by atoms with Crippen LogP contribution in [0.2, 0.25) is 0 Å². The fraction of sp³-hybridized carbons (Fsp3) is 0.900. The summed E-state index contributed by atoms with van der Waals surface area (Å²) in [6.45, 7) is 2.91. The molecule has 1 aliphatic heterocycles. The molecule has 0 saturated carbocycles. The van der Waals surface area contributed by atoms with E-state index in [0.717, 1.165) is 13.0 Å². The Balaban J connectivity index is 2.23. The number of esters is 1. The van der Waals surface area contributed by atoms with Crippen LogP contribution in [-0.4, -0.2) is 48.2 Å². The number of hydrogen-bond donors (Lipinski definition) is 1. The minimum atomic E-state index is -0.147. The van der Waals surface area contributed by atoms with Crippen molar-refractivity contribution in [2.24, 2.45) is 0 Å². The Morgan fingerprint density at radius 2 is 2.40 bits per heavy atom. The minimum Gasteiger partial charge on any atom is -0.468 e. The van der Waals surface area contributed by atoms with Crippen LogP contribution in [0, 0.1) is 0 Å². The molecule has 1 rings (SSSR count). The van der Waals surface area contributed by atoms with E-state index in [-0.39, 0.29) is 12.0 Å². The molecular weight excluding hydrogens is 230 g/mol. The van der Waals surface area contributed by atoms with E-state index >= 15 is 0 Å². The number of hydrogen-bond acceptors (Lipinski definition) is 5. The summed E-state index contributed by atoms with van der Waals surface area (Å²) in [5.41, 5.74) is 0. The summed E-state index contributed by atoms with van der Waals surface area (Å²) in [6.07, 6.45) is 0.789. The van der Waals surface area contributed by atoms with Crippen molar-refractivity contribution in [1.82, 2.24) is 5.32 Å². The maximum Gasteiger partial charge on any atom is 0.322 e. The number of ether oxygens (including phenoxy) is 1. The molecule has 1 N–H and O–H groups in total. The molecule has 0 aromatic carbocycles. The van der Waals surface area contributed by atoms with E-state index in [1.807, 2.05) is 30.4 Å². The average Bonchev–Trinajstić information content (AvgIpc) is 2.31. The van der Waals surface area contributed by atoms with Crippen molar-refractivity contribution in [3.63, 3.8) is 0 Å². The zero-order chi connectivity index (χ0) is 11.1. The van der Waals surface area contributed by atoms with Crippen LogP contribution in [0.4, 0.5) is 0 Å². The lowest BCUT2D eigenvalue weighted by atomic mass is 10.2. The molecule has 0 bridgehead atoms. The molecule has 0 radical (unpaired) electrons. The molecule has 1 fully saturated rings. The van der Waals surface area contributed by atoms with Crippen molar-refractivity contribution in [3.05, 3.63) is 0 Å². The molecule has 1 saturated heterocycles. The van der Waals surface area contributed by atoms with Gasteiger partial charge in [-0.05, 0) is 6.42 Å². The third-order valence-electron chi connectivity index (χ3n) is 2.37. The number of thioether (sulfide) groups is 2. The molecule has 0 spiro atoms. The molecule has 0 aromatic rings. The van der Waals surface area contributed by atoms with E-state index in [1.54, 1.807) is 0 Å². The van der Waals surface area contributed by atoms with Crippen LogP contribution in [0.3, 0.4) is 0 Å². The first-order valence-electron chi connectivity index (χ1n) is 5.28. The van der Waals surface area contributed by atoms with E-state index in [2.05, 4.69) is 5.32 Å². The zero-order valence-corrected chi connectivity index (χ0v) is 11.0. The molecule has 2 atom stereocenters. The summed E-state index contributed by atoms with van der Waals surface area (Å²) in [6, 6.07) is -0.137. The predicted molar refractivity (Wildman–Crippen MR) is 67.7 cm³/mol. The number of carbonyl (C=O) groups excluding carboxylic acids is 1. The van der Waals surface area contributed by atoms with Crippen LogP contribution >= 0.6 is 23.5 Å². The molecule has 1 aliphatic rings. The van der Waals surface area contributed by atoms with Gasteiger partial charge in [0.25, 0.3) is 0 Å². The molecule has 0 aliphatic carbocycles. The van der Waals surface area contributed by atoms with Crippen molar-refractivity contribution in [3.8, 4) is 0 Å². The third kappa shape index (κ3) is 4.66. The summed E-state index contributed by atoms with van der Waals surface area (Å²) in [5, 5.41) is 3.92. The first-order valence-corrected chi connectivity index (χ1v) is 7.48. The fourth-order valence-electron chi connectivity index (χ4n) is 1.46. The molecule has 0 amide bonds. The first kappa shape index (κ1) is 13.2. The molecule has 5 heteroatoms. The van der Waals surface area contributed by atoms with Gasteiger partial charge in [0.1, 0.15) is 6.04 Å². The second-order valence-electron chi connectivity index (χ2n) is 3.46. The molecule has 0 aromatic heterocycles. The molecule has 2 unspecified atom stereocenters. The van der Waals surface area contributed by atoms with E-state index in [4.69, 9.17) is 4.74 Å². The van der Waals surface area contributed by atoms with Crippen molar-refractivity contribution < 1.29 is 9.53 Å². The molecule has 3 nitrogen and oxygen atoms in total. The van der Waals surface area contributed by atoms with Crippen LogP contribution in [0.25, 0.3) is 0 Å². The van der Waals surface area contributed by atoms with E-state index in [0.29, 0.717) is 5.25 Å². The largest absolute Gasteiger partial charge is 0.468 e. The van der Waals surface area contributed by atoms with E-state index in [1.165, 1.54) is 24.4 Å². The average molecular weight is 249 g/mol. The highest BCUT2D eigenvalue weighted by molar-refractivity contribution is 8.06. The van der Waals surface area contributed by atoms with Crippen molar-refractivity contribution in [1.29, 1.82) is 0 Å². The lowest BCUT2D eigenvalue weighted by Crippen LogP contribution is -2.41. The smallest absolute Gasteiger partial charge is 0.322 e. The van der Waals surface area contributed by atoms with Crippen LogP contribution in [0.15, 0.2) is 0 Å². The summed E-state index contributed by atoms with van der Waals surface area (Å²) < 4.78 is 4.73. The number of rotatable bonds is 5. The second-order valence-corrected chi connectivity index (χ2v) is 6.02. The van der Waals surface area contributed by atoms with E-state index < -0.39 is 0 Å². The van der Waals surface area contributed by atoms with Crippen LogP contribution in [0.1, 0.15) is 13.3 Å². The number of nitrogens with one attached hydrogen (secondary N) is 1. The zero-order valence-electron chi connectivity index (χ0n) is 9.32. The van der Waals surface area contributed by atoms with Crippen molar-refractivity contribution in [2.45, 2.75) is 24.6 Å². The molecular formula is C10H19NO2S2. The summed E-state index contributed by atoms with van der Waals surface area (Å²) in [7, 11) is 1.44. The van der Waals surface area contributed by atoms with Crippen molar-refractivity contribution in [2.75, 3.05) is 30.9 Å². The van der Waals surface area contributed by atoms with Gasteiger partial charge in [-0.15, -0.1) is 0 Å². The monoisotopic (exact) mass is 249 g/mol. The Morgan fingerprint density at radius 3 is 2.93 bits per heavy atom. The number of methoxy groups -OCH3 is 1. The Hall–Kier alpha value is 0.130. The first-order chi connectivity index (χ1) is 7.27. The highest BCUT2D eigenvalue weighted by Gasteiger charge is 2.19. The Bertz CT molecular complexity index is 196. The lowest BCUT2D eigenvalue weighted by molar-refractivity contribution is -0.143. The Morgan fingerprint density at radius 1 is 1.60 bits per heavy atom. The SMILES string of the molecule is CCC(NCC1CSCCS1)C(=O)OC. The maximum absolute atomic E-state index is 11.3. The quantitative estimate of drug-likeness (QED) is 0.745. The van der Waals surface area contributed by atoms with Gasteiger partial charge in [0.05, 0.1) is 7.11 Å². The van der Waals surface area contributed by atoms with Gasteiger partial charge in [-0.25, -0.2) is 0 Å². The highest BCUT2D eigenvalue weighted by atomic mass is 32.2. The van der Waals surface area contributed by atoms with Gasteiger partial charge >= 0.3 is 5.97 Å². The normalized spacial score (nSPS) is 23.5. The molecule has 15 heavy (non-hydrogen) atoms. The van der Waals surface area contributed by atoms with Crippen molar-refractivity contribution >= 4 is 29.5 Å². The molecule has 1 heterocycles. The standard InChI is InChI=1S/C10H19NO2S2/c1-3-9(10(12)13-2)11-6-8-7-14-4-5-15-8/h8-9,11H,3-7H2,1-2H3. The second kappa shape index (κ2) is 7.41. The van der Waals surface area contributed by atoms with Gasteiger partial charge in [-0.1, -0.05) is 6.92 Å². The van der Waals surface area contributed by atoms with Crippen LogP contribution in [-0.2, 0) is 9.53 Å². The van der Waals surface area contributed by atoms with Gasteiger partial charge < -0.3 is 10.1 Å². The summed E-state index contributed by atoms with van der Waals surface area (Å²) >= 11 is 4.00. The predicted octanol–water partition coefficient (Wildman–Crippen LogP) is 1.38. The topological polar surface area (TPSA) is 38.3 Å². The number of carbonyl (C=O) groups is 1. The van der Waals surface area contributed by atoms with Gasteiger partial charge in [-0.3, -0.25) is 4.79 Å². The van der Waals surface area contributed by atoms with Gasteiger partial charge in [0.2, 0.25) is 0 Å². The highest BCUT2D eigenvalue weighted by Crippen LogP contribution is 2.23. The minimum absolute atomic E-state index is 0.137. The lowest BCUT2D eigenvalue weighted by Gasteiger charge is -2.23.